The lowest BCUT2D eigenvalue weighted by atomic mass is 9.99. The summed E-state index contributed by atoms with van der Waals surface area (Å²) in [4.78, 5) is 22.1. The molecule has 0 unspecified atom stereocenters. The molecule has 3 aromatic carbocycles. The molecule has 0 spiro atoms. The first kappa shape index (κ1) is 18.7. The number of ether oxygens (including phenoxy) is 1. The zero-order valence-electron chi connectivity index (χ0n) is 15.1. The molecule has 0 saturated carbocycles. The number of hydrogen-bond acceptors (Lipinski definition) is 3. The van der Waals surface area contributed by atoms with E-state index >= 15 is 0 Å². The van der Waals surface area contributed by atoms with Crippen molar-refractivity contribution in [3.63, 3.8) is 0 Å². The maximum absolute atomic E-state index is 11.1. The predicted octanol–water partition coefficient (Wildman–Crippen LogP) is 4.68. The average molecular weight is 358 g/mol. The molecule has 0 N–H and O–H groups in total. The molecule has 0 fully saturated rings. The van der Waals surface area contributed by atoms with Gasteiger partial charge in [-0.1, -0.05) is 66.7 Å². The van der Waals surface area contributed by atoms with E-state index in [0.29, 0.717) is 30.6 Å². The van der Waals surface area contributed by atoms with Crippen LogP contribution in [0.2, 0.25) is 0 Å². The van der Waals surface area contributed by atoms with Gasteiger partial charge in [0.15, 0.2) is 0 Å². The van der Waals surface area contributed by atoms with E-state index in [1.807, 2.05) is 66.7 Å². The maximum atomic E-state index is 11.1. The topological polar surface area (TPSA) is 43.4 Å². The van der Waals surface area contributed by atoms with Crippen molar-refractivity contribution in [1.82, 2.24) is 0 Å². The van der Waals surface area contributed by atoms with E-state index in [4.69, 9.17) is 4.74 Å². The van der Waals surface area contributed by atoms with Crippen molar-refractivity contribution in [2.24, 2.45) is 0 Å². The number of rotatable bonds is 9. The van der Waals surface area contributed by atoms with Gasteiger partial charge in [-0.15, -0.1) is 0 Å². The summed E-state index contributed by atoms with van der Waals surface area (Å²) in [6, 6.07) is 25.2. The molecule has 3 aromatic rings. The fourth-order valence-corrected chi connectivity index (χ4v) is 3.09. The van der Waals surface area contributed by atoms with Gasteiger partial charge in [0.25, 0.3) is 0 Å². The summed E-state index contributed by atoms with van der Waals surface area (Å²) in [5, 5.41) is 0. The third kappa shape index (κ3) is 5.73. The molecule has 3 heteroatoms. The molecule has 3 nitrogen and oxygen atoms in total. The maximum Gasteiger partial charge on any atom is 0.150 e. The Morgan fingerprint density at radius 3 is 1.70 bits per heavy atom. The van der Waals surface area contributed by atoms with E-state index in [1.165, 1.54) is 0 Å². The Morgan fingerprint density at radius 1 is 0.667 bits per heavy atom. The normalized spacial score (nSPS) is 10.7. The monoisotopic (exact) mass is 358 g/mol. The Morgan fingerprint density at radius 2 is 1.19 bits per heavy atom. The minimum atomic E-state index is -0.0611. The van der Waals surface area contributed by atoms with Crippen LogP contribution >= 0.6 is 0 Å². The van der Waals surface area contributed by atoms with Gasteiger partial charge >= 0.3 is 0 Å². The van der Waals surface area contributed by atoms with Gasteiger partial charge in [-0.2, -0.15) is 0 Å². The van der Waals surface area contributed by atoms with E-state index in [9.17, 15) is 9.59 Å². The molecule has 0 atom stereocenters. The molecule has 0 saturated heterocycles. The second-order valence-electron chi connectivity index (χ2n) is 6.55. The van der Waals surface area contributed by atoms with Crippen molar-refractivity contribution in [2.45, 2.75) is 25.6 Å². The number of hydrogen-bond donors (Lipinski definition) is 0. The van der Waals surface area contributed by atoms with Crippen LogP contribution in [0.3, 0.4) is 0 Å². The molecule has 0 heterocycles. The van der Waals surface area contributed by atoms with Gasteiger partial charge in [0, 0.05) is 11.1 Å². The molecular weight excluding hydrogens is 336 g/mol. The summed E-state index contributed by atoms with van der Waals surface area (Å²) in [6.45, 7) is 0.520. The molecule has 0 aliphatic heterocycles. The molecule has 0 amide bonds. The van der Waals surface area contributed by atoms with Crippen LogP contribution < -0.4 is 0 Å². The summed E-state index contributed by atoms with van der Waals surface area (Å²) in [6.07, 6.45) is 3.04. The first-order chi connectivity index (χ1) is 13.3. The van der Waals surface area contributed by atoms with E-state index in [0.717, 1.165) is 29.3 Å². The Kier molecular flexibility index (Phi) is 6.66. The minimum absolute atomic E-state index is 0.0611. The standard InChI is InChI=1S/C24H22O3/c25-16-22-10-4-8-20(12-22)14-24(27-18-19-6-2-1-3-7-19)15-21-9-5-11-23(13-21)17-26/h1-13,16-17,24H,14-15,18H2. The van der Waals surface area contributed by atoms with Crippen molar-refractivity contribution in [1.29, 1.82) is 0 Å². The van der Waals surface area contributed by atoms with E-state index < -0.39 is 0 Å². The predicted molar refractivity (Wildman–Crippen MR) is 106 cm³/mol. The lowest BCUT2D eigenvalue weighted by Crippen LogP contribution is -2.19. The van der Waals surface area contributed by atoms with Crippen LogP contribution in [0.5, 0.6) is 0 Å². The van der Waals surface area contributed by atoms with Gasteiger partial charge in [0.1, 0.15) is 12.6 Å². The molecule has 0 aliphatic rings. The highest BCUT2D eigenvalue weighted by Gasteiger charge is 2.13. The largest absolute Gasteiger partial charge is 0.373 e. The zero-order valence-corrected chi connectivity index (χ0v) is 15.1. The van der Waals surface area contributed by atoms with Crippen LogP contribution in [0.25, 0.3) is 0 Å². The van der Waals surface area contributed by atoms with Gasteiger partial charge in [0.05, 0.1) is 12.7 Å². The second kappa shape index (κ2) is 9.60. The highest BCUT2D eigenvalue weighted by molar-refractivity contribution is 5.75. The SMILES string of the molecule is O=Cc1cccc(CC(Cc2cccc(C=O)c2)OCc2ccccc2)c1. The summed E-state index contributed by atoms with van der Waals surface area (Å²) in [5.74, 6) is 0. The summed E-state index contributed by atoms with van der Waals surface area (Å²) in [7, 11) is 0. The zero-order chi connectivity index (χ0) is 18.9. The molecule has 3 rings (SSSR count). The van der Waals surface area contributed by atoms with Crippen LogP contribution in [0, 0.1) is 0 Å². The Bertz CT molecular complexity index is 833. The van der Waals surface area contributed by atoms with Crippen molar-refractivity contribution in [3.05, 3.63) is 107 Å². The first-order valence-electron chi connectivity index (χ1n) is 9.00. The highest BCUT2D eigenvalue weighted by Crippen LogP contribution is 2.16. The van der Waals surface area contributed by atoms with E-state index in [2.05, 4.69) is 0 Å². The minimum Gasteiger partial charge on any atom is -0.373 e. The average Bonchev–Trinajstić information content (AvgIpc) is 2.73. The number of carbonyl (C=O) groups is 2. The molecule has 0 aliphatic carbocycles. The van der Waals surface area contributed by atoms with Crippen LogP contribution in [0.1, 0.15) is 37.4 Å². The smallest absolute Gasteiger partial charge is 0.150 e. The van der Waals surface area contributed by atoms with Crippen molar-refractivity contribution in [2.75, 3.05) is 0 Å². The van der Waals surface area contributed by atoms with Crippen LogP contribution in [0.4, 0.5) is 0 Å². The van der Waals surface area contributed by atoms with Crippen molar-refractivity contribution in [3.8, 4) is 0 Å². The summed E-state index contributed by atoms with van der Waals surface area (Å²) in [5.41, 5.74) is 4.56. The van der Waals surface area contributed by atoms with E-state index in [1.54, 1.807) is 12.1 Å². The van der Waals surface area contributed by atoms with Crippen molar-refractivity contribution >= 4 is 12.6 Å². The van der Waals surface area contributed by atoms with Crippen LogP contribution in [-0.4, -0.2) is 18.7 Å². The number of carbonyl (C=O) groups excluding carboxylic acids is 2. The lowest BCUT2D eigenvalue weighted by molar-refractivity contribution is 0.0412. The van der Waals surface area contributed by atoms with Crippen molar-refractivity contribution < 1.29 is 14.3 Å². The van der Waals surface area contributed by atoms with Gasteiger partial charge in [0.2, 0.25) is 0 Å². The number of aldehydes is 2. The molecular formula is C24H22O3. The fourth-order valence-electron chi connectivity index (χ4n) is 3.09. The Labute approximate surface area is 159 Å². The molecule has 136 valence electrons. The van der Waals surface area contributed by atoms with Crippen LogP contribution in [-0.2, 0) is 24.2 Å². The molecule has 0 bridgehead atoms. The third-order valence-corrected chi connectivity index (χ3v) is 4.43. The van der Waals surface area contributed by atoms with Gasteiger partial charge < -0.3 is 4.74 Å². The van der Waals surface area contributed by atoms with E-state index in [-0.39, 0.29) is 6.10 Å². The Hall–Kier alpha value is -3.04. The fraction of sp³-hybridized carbons (Fsp3) is 0.167. The molecule has 0 aromatic heterocycles. The summed E-state index contributed by atoms with van der Waals surface area (Å²) < 4.78 is 6.21. The molecule has 27 heavy (non-hydrogen) atoms. The summed E-state index contributed by atoms with van der Waals surface area (Å²) >= 11 is 0. The van der Waals surface area contributed by atoms with Gasteiger partial charge in [-0.05, 0) is 41.7 Å². The quantitative estimate of drug-likeness (QED) is 0.522. The number of benzene rings is 3. The van der Waals surface area contributed by atoms with Crippen LogP contribution in [0.15, 0.2) is 78.9 Å². The highest BCUT2D eigenvalue weighted by atomic mass is 16.5. The lowest BCUT2D eigenvalue weighted by Gasteiger charge is -2.19. The molecule has 0 radical (unpaired) electrons. The third-order valence-electron chi connectivity index (χ3n) is 4.43. The van der Waals surface area contributed by atoms with Gasteiger partial charge in [-0.25, -0.2) is 0 Å². The second-order valence-corrected chi connectivity index (χ2v) is 6.55. The van der Waals surface area contributed by atoms with Gasteiger partial charge in [-0.3, -0.25) is 9.59 Å². The Balaban J connectivity index is 1.76. The first-order valence-corrected chi connectivity index (χ1v) is 9.00.